The summed E-state index contributed by atoms with van der Waals surface area (Å²) in [5, 5.41) is 9.65. The van der Waals surface area contributed by atoms with Crippen LogP contribution in [-0.2, 0) is 27.3 Å². The Morgan fingerprint density at radius 2 is 1.86 bits per heavy atom. The highest BCUT2D eigenvalue weighted by Crippen LogP contribution is 2.25. The van der Waals surface area contributed by atoms with Gasteiger partial charge in [0.15, 0.2) is 0 Å². The van der Waals surface area contributed by atoms with Crippen LogP contribution in [0.15, 0.2) is 24.3 Å². The third-order valence-electron chi connectivity index (χ3n) is 4.89. The number of carboxylic acid groups (broad SMARTS) is 1. The van der Waals surface area contributed by atoms with Gasteiger partial charge in [-0.1, -0.05) is 44.5 Å². The molecule has 0 fully saturated rings. The molecule has 1 aliphatic rings. The molecule has 1 heterocycles. The van der Waals surface area contributed by atoms with E-state index in [0.717, 1.165) is 30.4 Å². The van der Waals surface area contributed by atoms with Gasteiger partial charge in [0.25, 0.3) is 0 Å². The lowest BCUT2D eigenvalue weighted by atomic mass is 9.94. The highest BCUT2D eigenvalue weighted by Gasteiger charge is 2.36. The number of esters is 1. The summed E-state index contributed by atoms with van der Waals surface area (Å²) in [5.74, 6) is -1.35. The average molecular weight is 390 g/mol. The highest BCUT2D eigenvalue weighted by molar-refractivity contribution is 5.84. The van der Waals surface area contributed by atoms with Gasteiger partial charge in [-0.05, 0) is 24.0 Å². The van der Waals surface area contributed by atoms with Gasteiger partial charge in [0, 0.05) is 26.1 Å². The normalized spacial score (nSPS) is 15.6. The van der Waals surface area contributed by atoms with Gasteiger partial charge in [-0.25, -0.2) is 9.59 Å². The smallest absolute Gasteiger partial charge is 0.326 e. The molecule has 1 N–H and O–H groups in total. The maximum absolute atomic E-state index is 13.1. The van der Waals surface area contributed by atoms with E-state index in [9.17, 15) is 19.5 Å². The molecule has 0 bridgehead atoms. The fourth-order valence-corrected chi connectivity index (χ4v) is 3.33. The molecule has 1 atom stereocenters. The Bertz CT molecular complexity index is 691. The summed E-state index contributed by atoms with van der Waals surface area (Å²) < 4.78 is 5.16. The van der Waals surface area contributed by atoms with Crippen LogP contribution in [0.4, 0.5) is 4.79 Å². The number of hydrogen-bond acceptors (Lipinski definition) is 4. The zero-order chi connectivity index (χ0) is 20.5. The molecular weight excluding hydrogens is 360 g/mol. The number of fused-ring (bicyclic) bond motifs is 1. The first kappa shape index (κ1) is 21.7. The Hall–Kier alpha value is -2.57. The quantitative estimate of drug-likeness (QED) is 0.517. The molecule has 0 aliphatic carbocycles. The molecule has 0 radical (unpaired) electrons. The number of aliphatic carboxylic acids is 1. The summed E-state index contributed by atoms with van der Waals surface area (Å²) in [4.78, 5) is 39.8. The van der Waals surface area contributed by atoms with E-state index in [-0.39, 0.29) is 37.9 Å². The molecule has 1 aromatic rings. The summed E-state index contributed by atoms with van der Waals surface area (Å²) in [6.07, 6.45) is 2.88. The van der Waals surface area contributed by atoms with Crippen LogP contribution in [0.3, 0.4) is 0 Å². The summed E-state index contributed by atoms with van der Waals surface area (Å²) >= 11 is 0. The van der Waals surface area contributed by atoms with Crippen LogP contribution in [0.1, 0.15) is 50.7 Å². The Morgan fingerprint density at radius 3 is 2.50 bits per heavy atom. The predicted octanol–water partition coefficient (Wildman–Crippen LogP) is 3.06. The van der Waals surface area contributed by atoms with Crippen LogP contribution in [0.5, 0.6) is 0 Å². The van der Waals surface area contributed by atoms with Crippen molar-refractivity contribution >= 4 is 18.0 Å². The minimum atomic E-state index is -1.02. The van der Waals surface area contributed by atoms with Crippen molar-refractivity contribution in [2.24, 2.45) is 0 Å². The molecule has 0 spiro atoms. The van der Waals surface area contributed by atoms with Gasteiger partial charge in [-0.2, -0.15) is 0 Å². The number of urea groups is 1. The second-order valence-electron chi connectivity index (χ2n) is 7.05. The van der Waals surface area contributed by atoms with Gasteiger partial charge in [0.2, 0.25) is 0 Å². The molecule has 1 aliphatic heterocycles. The van der Waals surface area contributed by atoms with E-state index < -0.39 is 12.0 Å². The van der Waals surface area contributed by atoms with Crippen molar-refractivity contribution in [1.82, 2.24) is 9.80 Å². The van der Waals surface area contributed by atoms with Crippen LogP contribution in [0.25, 0.3) is 0 Å². The molecule has 2 rings (SSSR count). The molecule has 0 aromatic heterocycles. The van der Waals surface area contributed by atoms with Gasteiger partial charge >= 0.3 is 18.0 Å². The largest absolute Gasteiger partial charge is 0.480 e. The molecule has 2 amide bonds. The first-order valence-electron chi connectivity index (χ1n) is 9.98. The fraction of sp³-hybridized carbons (Fsp3) is 0.571. The molecule has 0 saturated heterocycles. The van der Waals surface area contributed by atoms with E-state index in [1.54, 1.807) is 4.90 Å². The third-order valence-corrected chi connectivity index (χ3v) is 4.89. The SMILES string of the molecule is CCCCOC(=O)CCN(CCC)C(=O)N1Cc2ccccc2C[C@H]1C(=O)O. The van der Waals surface area contributed by atoms with Crippen LogP contribution in [0, 0.1) is 0 Å². The van der Waals surface area contributed by atoms with E-state index in [2.05, 4.69) is 0 Å². The van der Waals surface area contributed by atoms with Crippen molar-refractivity contribution in [2.75, 3.05) is 19.7 Å². The molecule has 1 aromatic carbocycles. The standard InChI is InChI=1S/C21H30N2O5/c1-3-5-13-28-19(24)10-12-22(11-4-2)21(27)23-15-17-9-7-6-8-16(17)14-18(23)20(25)26/h6-9,18H,3-5,10-15H2,1-2H3,(H,25,26)/t18-/m0/s1. The van der Waals surface area contributed by atoms with Crippen molar-refractivity contribution in [1.29, 1.82) is 0 Å². The number of nitrogens with zero attached hydrogens (tertiary/aromatic N) is 2. The molecule has 7 nitrogen and oxygen atoms in total. The highest BCUT2D eigenvalue weighted by atomic mass is 16.5. The minimum absolute atomic E-state index is 0.109. The maximum Gasteiger partial charge on any atom is 0.326 e. The molecule has 154 valence electrons. The Labute approximate surface area is 166 Å². The van der Waals surface area contributed by atoms with Crippen molar-refractivity contribution < 1.29 is 24.2 Å². The Balaban J connectivity index is 2.07. The predicted molar refractivity (Wildman–Crippen MR) is 105 cm³/mol. The zero-order valence-electron chi connectivity index (χ0n) is 16.7. The number of carbonyl (C=O) groups excluding carboxylic acids is 2. The number of carboxylic acids is 1. The lowest BCUT2D eigenvalue weighted by molar-refractivity contribution is -0.145. The number of hydrogen-bond donors (Lipinski definition) is 1. The number of ether oxygens (including phenoxy) is 1. The topological polar surface area (TPSA) is 87.2 Å². The summed E-state index contributed by atoms with van der Waals surface area (Å²) in [6, 6.07) is 6.34. The second kappa shape index (κ2) is 10.7. The summed E-state index contributed by atoms with van der Waals surface area (Å²) in [5.41, 5.74) is 1.92. The summed E-state index contributed by atoms with van der Waals surface area (Å²) in [7, 11) is 0. The molecule has 0 saturated carbocycles. The summed E-state index contributed by atoms with van der Waals surface area (Å²) in [6.45, 7) is 5.30. The van der Waals surface area contributed by atoms with Gasteiger partial charge in [-0.15, -0.1) is 0 Å². The van der Waals surface area contributed by atoms with Crippen molar-refractivity contribution in [3.8, 4) is 0 Å². The van der Waals surface area contributed by atoms with Crippen molar-refractivity contribution in [3.63, 3.8) is 0 Å². The Morgan fingerprint density at radius 1 is 1.14 bits per heavy atom. The molecule has 7 heteroatoms. The van der Waals surface area contributed by atoms with Crippen LogP contribution < -0.4 is 0 Å². The van der Waals surface area contributed by atoms with E-state index in [0.29, 0.717) is 13.2 Å². The van der Waals surface area contributed by atoms with Gasteiger partial charge in [-0.3, -0.25) is 4.79 Å². The fourth-order valence-electron chi connectivity index (χ4n) is 3.33. The number of amides is 2. The number of carbonyl (C=O) groups is 3. The first-order chi connectivity index (χ1) is 13.5. The van der Waals surface area contributed by atoms with E-state index in [4.69, 9.17) is 4.74 Å². The second-order valence-corrected chi connectivity index (χ2v) is 7.05. The van der Waals surface area contributed by atoms with Gasteiger partial charge in [0.05, 0.1) is 13.0 Å². The van der Waals surface area contributed by atoms with Gasteiger partial charge in [0.1, 0.15) is 6.04 Å². The maximum atomic E-state index is 13.1. The van der Waals surface area contributed by atoms with Crippen molar-refractivity contribution in [3.05, 3.63) is 35.4 Å². The van der Waals surface area contributed by atoms with Gasteiger partial charge < -0.3 is 19.6 Å². The average Bonchev–Trinajstić information content (AvgIpc) is 2.69. The molecule has 28 heavy (non-hydrogen) atoms. The monoisotopic (exact) mass is 390 g/mol. The molecular formula is C21H30N2O5. The zero-order valence-corrected chi connectivity index (χ0v) is 16.7. The van der Waals surface area contributed by atoms with Crippen molar-refractivity contribution in [2.45, 2.75) is 58.5 Å². The molecule has 0 unspecified atom stereocenters. The van der Waals surface area contributed by atoms with E-state index in [1.165, 1.54) is 4.90 Å². The number of rotatable bonds is 9. The lowest BCUT2D eigenvalue weighted by Gasteiger charge is -2.37. The first-order valence-corrected chi connectivity index (χ1v) is 9.98. The van der Waals surface area contributed by atoms with Crippen LogP contribution >= 0.6 is 0 Å². The number of unbranched alkanes of at least 4 members (excludes halogenated alkanes) is 1. The lowest BCUT2D eigenvalue weighted by Crippen LogP contribution is -2.53. The third kappa shape index (κ3) is 5.71. The Kier molecular flexibility index (Phi) is 8.29. The van der Waals surface area contributed by atoms with Crippen LogP contribution in [0.2, 0.25) is 0 Å². The van der Waals surface area contributed by atoms with Crippen LogP contribution in [-0.4, -0.2) is 58.6 Å². The van der Waals surface area contributed by atoms with E-state index >= 15 is 0 Å². The number of benzene rings is 1. The minimum Gasteiger partial charge on any atom is -0.480 e. The van der Waals surface area contributed by atoms with E-state index in [1.807, 2.05) is 38.1 Å².